The van der Waals surface area contributed by atoms with Crippen LogP contribution in [0.3, 0.4) is 0 Å². The Kier molecular flexibility index (Phi) is 3.96. The van der Waals surface area contributed by atoms with Crippen molar-refractivity contribution in [2.24, 2.45) is 7.05 Å². The first-order chi connectivity index (χ1) is 6.24. The molecule has 1 aromatic rings. The van der Waals surface area contributed by atoms with Crippen LogP contribution in [0.25, 0.3) is 0 Å². The monoisotopic (exact) mass is 181 g/mol. The van der Waals surface area contributed by atoms with E-state index in [9.17, 15) is 0 Å². The van der Waals surface area contributed by atoms with Gasteiger partial charge in [-0.05, 0) is 13.3 Å². The number of nitrogens with zero attached hydrogens (tertiary/aromatic N) is 2. The maximum atomic E-state index is 4.25. The number of nitrogens with one attached hydrogen (secondary N) is 1. The fourth-order valence-corrected chi connectivity index (χ4v) is 1.37. The lowest BCUT2D eigenvalue weighted by atomic mass is 10.2. The van der Waals surface area contributed by atoms with E-state index in [1.807, 2.05) is 24.0 Å². The average molecular weight is 181 g/mol. The van der Waals surface area contributed by atoms with Gasteiger partial charge in [-0.15, -0.1) is 0 Å². The molecule has 0 radical (unpaired) electrons. The van der Waals surface area contributed by atoms with Crippen LogP contribution in [-0.2, 0) is 13.6 Å². The van der Waals surface area contributed by atoms with Crippen LogP contribution in [0.5, 0.6) is 0 Å². The van der Waals surface area contributed by atoms with Crippen LogP contribution in [0.15, 0.2) is 12.4 Å². The minimum Gasteiger partial charge on any atom is -0.337 e. The third kappa shape index (κ3) is 3.19. The zero-order valence-corrected chi connectivity index (χ0v) is 8.75. The first-order valence-electron chi connectivity index (χ1n) is 4.93. The van der Waals surface area contributed by atoms with E-state index in [4.69, 9.17) is 0 Å². The van der Waals surface area contributed by atoms with Crippen LogP contribution >= 0.6 is 0 Å². The normalized spacial score (nSPS) is 13.2. The molecule has 0 saturated carbocycles. The van der Waals surface area contributed by atoms with Crippen LogP contribution in [0.4, 0.5) is 0 Å². The molecule has 1 heterocycles. The highest BCUT2D eigenvalue weighted by molar-refractivity contribution is 4.90. The Bertz CT molecular complexity index is 242. The van der Waals surface area contributed by atoms with Crippen LogP contribution < -0.4 is 5.32 Å². The summed E-state index contributed by atoms with van der Waals surface area (Å²) < 4.78 is 2.05. The summed E-state index contributed by atoms with van der Waals surface area (Å²) in [6.07, 6.45) is 6.27. The van der Waals surface area contributed by atoms with E-state index in [1.165, 1.54) is 12.8 Å². The maximum absolute atomic E-state index is 4.25. The molecule has 1 aromatic heterocycles. The SMILES string of the molecule is CCCC(C)NCc1nccn1C. The average Bonchev–Trinajstić information content (AvgIpc) is 2.48. The molecule has 0 amide bonds. The highest BCUT2D eigenvalue weighted by atomic mass is 15.1. The fraction of sp³-hybridized carbons (Fsp3) is 0.700. The zero-order chi connectivity index (χ0) is 9.68. The second-order valence-corrected chi connectivity index (χ2v) is 3.52. The Labute approximate surface area is 80.2 Å². The molecule has 13 heavy (non-hydrogen) atoms. The standard InChI is InChI=1S/C10H19N3/c1-4-5-9(2)12-8-10-11-6-7-13(10)3/h6-7,9,12H,4-5,8H2,1-3H3. The minimum atomic E-state index is 0.585. The lowest BCUT2D eigenvalue weighted by molar-refractivity contribution is 0.494. The second-order valence-electron chi connectivity index (χ2n) is 3.52. The lowest BCUT2D eigenvalue weighted by Crippen LogP contribution is -2.26. The number of hydrogen-bond acceptors (Lipinski definition) is 2. The van der Waals surface area contributed by atoms with Gasteiger partial charge < -0.3 is 9.88 Å². The van der Waals surface area contributed by atoms with Crippen LogP contribution in [0.1, 0.15) is 32.5 Å². The van der Waals surface area contributed by atoms with Crippen LogP contribution in [-0.4, -0.2) is 15.6 Å². The molecule has 1 N–H and O–H groups in total. The summed E-state index contributed by atoms with van der Waals surface area (Å²) in [4.78, 5) is 4.25. The van der Waals surface area contributed by atoms with Crippen molar-refractivity contribution >= 4 is 0 Å². The van der Waals surface area contributed by atoms with Gasteiger partial charge in [0, 0.05) is 25.5 Å². The van der Waals surface area contributed by atoms with Gasteiger partial charge in [0.2, 0.25) is 0 Å². The van der Waals surface area contributed by atoms with Gasteiger partial charge in [-0.3, -0.25) is 0 Å². The van der Waals surface area contributed by atoms with E-state index in [0.717, 1.165) is 12.4 Å². The quantitative estimate of drug-likeness (QED) is 0.749. The Balaban J connectivity index is 2.30. The molecule has 0 aliphatic rings. The molecule has 0 saturated heterocycles. The molecular formula is C10H19N3. The Morgan fingerprint density at radius 2 is 2.38 bits per heavy atom. The molecular weight excluding hydrogens is 162 g/mol. The summed E-state index contributed by atoms with van der Waals surface area (Å²) in [5.41, 5.74) is 0. The van der Waals surface area contributed by atoms with E-state index in [2.05, 4.69) is 24.1 Å². The molecule has 3 nitrogen and oxygen atoms in total. The van der Waals surface area contributed by atoms with Gasteiger partial charge in [0.05, 0.1) is 6.54 Å². The molecule has 0 fully saturated rings. The van der Waals surface area contributed by atoms with Gasteiger partial charge in [-0.25, -0.2) is 4.98 Å². The maximum Gasteiger partial charge on any atom is 0.122 e. The lowest BCUT2D eigenvalue weighted by Gasteiger charge is -2.11. The number of hydrogen-bond donors (Lipinski definition) is 1. The molecule has 1 unspecified atom stereocenters. The summed E-state index contributed by atoms with van der Waals surface area (Å²) in [5.74, 6) is 1.10. The van der Waals surface area contributed by atoms with E-state index in [0.29, 0.717) is 6.04 Å². The molecule has 0 aliphatic carbocycles. The molecule has 3 heteroatoms. The molecule has 0 spiro atoms. The van der Waals surface area contributed by atoms with Crippen molar-refractivity contribution < 1.29 is 0 Å². The predicted molar refractivity (Wildman–Crippen MR) is 54.4 cm³/mol. The highest BCUT2D eigenvalue weighted by Crippen LogP contribution is 1.98. The minimum absolute atomic E-state index is 0.585. The summed E-state index contributed by atoms with van der Waals surface area (Å²) in [5, 5.41) is 3.44. The van der Waals surface area contributed by atoms with Crippen molar-refractivity contribution in [3.05, 3.63) is 18.2 Å². The van der Waals surface area contributed by atoms with Crippen LogP contribution in [0, 0.1) is 0 Å². The van der Waals surface area contributed by atoms with E-state index < -0.39 is 0 Å². The van der Waals surface area contributed by atoms with Gasteiger partial charge in [0.1, 0.15) is 5.82 Å². The van der Waals surface area contributed by atoms with Gasteiger partial charge in [-0.1, -0.05) is 13.3 Å². The van der Waals surface area contributed by atoms with Crippen LogP contribution in [0.2, 0.25) is 0 Å². The number of rotatable bonds is 5. The molecule has 1 rings (SSSR count). The van der Waals surface area contributed by atoms with Crippen molar-refractivity contribution in [1.29, 1.82) is 0 Å². The van der Waals surface area contributed by atoms with Gasteiger partial charge in [-0.2, -0.15) is 0 Å². The fourth-order valence-electron chi connectivity index (χ4n) is 1.37. The van der Waals surface area contributed by atoms with Gasteiger partial charge in [0.25, 0.3) is 0 Å². The molecule has 1 atom stereocenters. The summed E-state index contributed by atoms with van der Waals surface area (Å²) >= 11 is 0. The first-order valence-corrected chi connectivity index (χ1v) is 4.93. The third-order valence-electron chi connectivity index (χ3n) is 2.25. The van der Waals surface area contributed by atoms with Gasteiger partial charge >= 0.3 is 0 Å². The van der Waals surface area contributed by atoms with Crippen molar-refractivity contribution in [3.63, 3.8) is 0 Å². The summed E-state index contributed by atoms with van der Waals surface area (Å²) in [7, 11) is 2.02. The van der Waals surface area contributed by atoms with E-state index >= 15 is 0 Å². The smallest absolute Gasteiger partial charge is 0.122 e. The number of imidazole rings is 1. The van der Waals surface area contributed by atoms with E-state index in [1.54, 1.807) is 0 Å². The molecule has 0 aromatic carbocycles. The third-order valence-corrected chi connectivity index (χ3v) is 2.25. The van der Waals surface area contributed by atoms with Gasteiger partial charge in [0.15, 0.2) is 0 Å². The molecule has 74 valence electrons. The zero-order valence-electron chi connectivity index (χ0n) is 8.75. The Morgan fingerprint density at radius 3 is 2.92 bits per heavy atom. The largest absolute Gasteiger partial charge is 0.337 e. The second kappa shape index (κ2) is 5.02. The topological polar surface area (TPSA) is 29.9 Å². The number of aryl methyl sites for hydroxylation is 1. The predicted octanol–water partition coefficient (Wildman–Crippen LogP) is 1.70. The summed E-state index contributed by atoms with van der Waals surface area (Å²) in [6, 6.07) is 0.585. The Morgan fingerprint density at radius 1 is 1.62 bits per heavy atom. The van der Waals surface area contributed by atoms with Crippen molar-refractivity contribution in [1.82, 2.24) is 14.9 Å². The van der Waals surface area contributed by atoms with Crippen molar-refractivity contribution in [3.8, 4) is 0 Å². The Hall–Kier alpha value is -0.830. The van der Waals surface area contributed by atoms with Crippen molar-refractivity contribution in [2.75, 3.05) is 0 Å². The van der Waals surface area contributed by atoms with Crippen molar-refractivity contribution in [2.45, 2.75) is 39.3 Å². The molecule has 0 bridgehead atoms. The molecule has 0 aliphatic heterocycles. The first kappa shape index (κ1) is 10.3. The van der Waals surface area contributed by atoms with E-state index in [-0.39, 0.29) is 0 Å². The summed E-state index contributed by atoms with van der Waals surface area (Å²) in [6.45, 7) is 5.29. The highest BCUT2D eigenvalue weighted by Gasteiger charge is 2.02. The number of aromatic nitrogens is 2.